The minimum absolute atomic E-state index is 0.533. The number of anilines is 3. The van der Waals surface area contributed by atoms with E-state index in [1.807, 2.05) is 38.1 Å². The zero-order valence-corrected chi connectivity index (χ0v) is 19.4. The lowest BCUT2D eigenvalue weighted by Crippen LogP contribution is -2.27. The van der Waals surface area contributed by atoms with Crippen LogP contribution in [0.2, 0.25) is 0 Å². The number of carbonyl (C=O) groups excluding carboxylic acids is 1. The van der Waals surface area contributed by atoms with Crippen LogP contribution in [0.4, 0.5) is 17.2 Å². The lowest BCUT2D eigenvalue weighted by molar-refractivity contribution is -0.106. The highest BCUT2D eigenvalue weighted by atomic mass is 16.5. The Bertz CT molecular complexity index is 1160. The number of rotatable bonds is 9. The number of hydrogen-bond donors (Lipinski definition) is 1. The molecule has 4 rings (SSSR count). The SMILES string of the molecule is CCOc1ccc(N(C=O)c2c(C)c(NCCC3CCCN3C)c(C#N)c3ccnn23)cc1. The summed E-state index contributed by atoms with van der Waals surface area (Å²) in [6, 6.07) is 12.1. The topological polar surface area (TPSA) is 85.9 Å². The van der Waals surface area contributed by atoms with Gasteiger partial charge in [0.15, 0.2) is 0 Å². The lowest BCUT2D eigenvalue weighted by atomic mass is 10.1. The molecule has 2 aromatic heterocycles. The summed E-state index contributed by atoms with van der Waals surface area (Å²) in [5.41, 5.74) is 3.43. The molecule has 1 fully saturated rings. The third kappa shape index (κ3) is 4.37. The molecular formula is C25H30N6O2. The molecule has 33 heavy (non-hydrogen) atoms. The molecular weight excluding hydrogens is 416 g/mol. The van der Waals surface area contributed by atoms with E-state index in [1.54, 1.807) is 21.7 Å². The fraction of sp³-hybridized carbons (Fsp3) is 0.400. The van der Waals surface area contributed by atoms with Crippen LogP contribution in [0.15, 0.2) is 36.5 Å². The molecule has 172 valence electrons. The molecule has 1 unspecified atom stereocenters. The molecule has 1 atom stereocenters. The number of aromatic nitrogens is 2. The van der Waals surface area contributed by atoms with Crippen LogP contribution < -0.4 is 15.0 Å². The number of pyridine rings is 1. The van der Waals surface area contributed by atoms with Gasteiger partial charge in [0.2, 0.25) is 6.41 Å². The molecule has 3 aromatic rings. The van der Waals surface area contributed by atoms with Gasteiger partial charge in [-0.3, -0.25) is 9.69 Å². The van der Waals surface area contributed by atoms with Gasteiger partial charge in [0.05, 0.1) is 29.7 Å². The molecule has 1 aromatic carbocycles. The highest BCUT2D eigenvalue weighted by Gasteiger charge is 2.24. The number of nitrogens with one attached hydrogen (secondary N) is 1. The second kappa shape index (κ2) is 9.92. The predicted octanol–water partition coefficient (Wildman–Crippen LogP) is 4.10. The average molecular weight is 447 g/mol. The van der Waals surface area contributed by atoms with Gasteiger partial charge in [0, 0.05) is 18.2 Å². The fourth-order valence-electron chi connectivity index (χ4n) is 4.67. The van der Waals surface area contributed by atoms with Crippen molar-refractivity contribution in [1.82, 2.24) is 14.5 Å². The number of fused-ring (bicyclic) bond motifs is 1. The second-order valence-electron chi connectivity index (χ2n) is 8.33. The van der Waals surface area contributed by atoms with E-state index in [-0.39, 0.29) is 0 Å². The first-order chi connectivity index (χ1) is 16.1. The molecule has 0 spiro atoms. The van der Waals surface area contributed by atoms with Gasteiger partial charge in [-0.25, -0.2) is 4.52 Å². The van der Waals surface area contributed by atoms with Crippen molar-refractivity contribution in [2.24, 2.45) is 0 Å². The van der Waals surface area contributed by atoms with E-state index in [4.69, 9.17) is 4.74 Å². The molecule has 0 saturated carbocycles. The third-order valence-corrected chi connectivity index (χ3v) is 6.38. The fourth-order valence-corrected chi connectivity index (χ4v) is 4.67. The number of benzene rings is 1. The maximum absolute atomic E-state index is 12.3. The molecule has 0 bridgehead atoms. The maximum atomic E-state index is 12.3. The third-order valence-electron chi connectivity index (χ3n) is 6.38. The Labute approximate surface area is 194 Å². The quantitative estimate of drug-likeness (QED) is 0.498. The van der Waals surface area contributed by atoms with Gasteiger partial charge in [-0.15, -0.1) is 0 Å². The largest absolute Gasteiger partial charge is 0.494 e. The van der Waals surface area contributed by atoms with Crippen LogP contribution >= 0.6 is 0 Å². The van der Waals surface area contributed by atoms with Crippen LogP contribution in [-0.2, 0) is 4.79 Å². The number of carbonyl (C=O) groups is 1. The zero-order chi connectivity index (χ0) is 23.4. The Kier molecular flexibility index (Phi) is 6.80. The molecule has 8 heteroatoms. The highest BCUT2D eigenvalue weighted by Crippen LogP contribution is 2.36. The molecule has 8 nitrogen and oxygen atoms in total. The first-order valence-electron chi connectivity index (χ1n) is 11.4. The van der Waals surface area contributed by atoms with E-state index < -0.39 is 0 Å². The van der Waals surface area contributed by atoms with E-state index in [0.29, 0.717) is 35.2 Å². The Hall–Kier alpha value is -3.57. The van der Waals surface area contributed by atoms with Gasteiger partial charge in [-0.1, -0.05) is 0 Å². The molecule has 0 aliphatic carbocycles. The van der Waals surface area contributed by atoms with Crippen molar-refractivity contribution in [2.75, 3.05) is 37.0 Å². The number of hydrogen-bond acceptors (Lipinski definition) is 6. The summed E-state index contributed by atoms with van der Waals surface area (Å²) in [6.45, 7) is 6.31. The summed E-state index contributed by atoms with van der Waals surface area (Å²) in [6.07, 6.45) is 5.86. The number of nitrogens with zero attached hydrogens (tertiary/aromatic N) is 5. The van der Waals surface area contributed by atoms with E-state index in [2.05, 4.69) is 28.4 Å². The summed E-state index contributed by atoms with van der Waals surface area (Å²) in [5, 5.41) is 17.9. The normalized spacial score (nSPS) is 16.0. The van der Waals surface area contributed by atoms with Gasteiger partial charge in [-0.05, 0) is 77.0 Å². The summed E-state index contributed by atoms with van der Waals surface area (Å²) in [5.74, 6) is 1.35. The van der Waals surface area contributed by atoms with Crippen molar-refractivity contribution >= 4 is 29.1 Å². The first kappa shape index (κ1) is 22.6. The first-order valence-corrected chi connectivity index (χ1v) is 11.4. The number of ether oxygens (including phenoxy) is 1. The van der Waals surface area contributed by atoms with Crippen LogP contribution in [0, 0.1) is 18.3 Å². The average Bonchev–Trinajstić information content (AvgIpc) is 3.46. The maximum Gasteiger partial charge on any atom is 0.219 e. The molecule has 1 aliphatic rings. The van der Waals surface area contributed by atoms with Crippen LogP contribution in [0.3, 0.4) is 0 Å². The smallest absolute Gasteiger partial charge is 0.219 e. The number of nitriles is 1. The highest BCUT2D eigenvalue weighted by molar-refractivity contribution is 5.91. The van der Waals surface area contributed by atoms with Gasteiger partial charge < -0.3 is 15.0 Å². The van der Waals surface area contributed by atoms with Crippen molar-refractivity contribution < 1.29 is 9.53 Å². The van der Waals surface area contributed by atoms with Crippen molar-refractivity contribution in [3.05, 3.63) is 47.7 Å². The van der Waals surface area contributed by atoms with Gasteiger partial charge in [-0.2, -0.15) is 10.4 Å². The minimum atomic E-state index is 0.533. The van der Waals surface area contributed by atoms with Crippen LogP contribution in [0.1, 0.15) is 37.3 Å². The predicted molar refractivity (Wildman–Crippen MR) is 129 cm³/mol. The molecule has 1 saturated heterocycles. The van der Waals surface area contributed by atoms with Crippen LogP contribution in [0.5, 0.6) is 5.75 Å². The molecule has 1 aliphatic heterocycles. The summed E-state index contributed by atoms with van der Waals surface area (Å²) in [7, 11) is 2.17. The second-order valence-corrected chi connectivity index (χ2v) is 8.33. The molecule has 1 amide bonds. The van der Waals surface area contributed by atoms with Gasteiger partial charge in [0.1, 0.15) is 23.2 Å². The van der Waals surface area contributed by atoms with E-state index >= 15 is 0 Å². The van der Waals surface area contributed by atoms with Crippen molar-refractivity contribution in [3.8, 4) is 11.8 Å². The molecule has 1 N–H and O–H groups in total. The Balaban J connectivity index is 1.72. The van der Waals surface area contributed by atoms with E-state index in [1.165, 1.54) is 12.8 Å². The van der Waals surface area contributed by atoms with E-state index in [9.17, 15) is 10.1 Å². The van der Waals surface area contributed by atoms with Crippen molar-refractivity contribution in [2.45, 2.75) is 39.2 Å². The standard InChI is InChI=1S/C25H30N6O2/c1-4-33-21-9-7-20(8-10-21)30(17-32)25-18(2)24(22(16-26)23-12-14-28-31(23)25)27-13-11-19-6-5-15-29(19)3/h7-10,12,14,17,19,27H,4-6,11,13,15H2,1-3H3. The lowest BCUT2D eigenvalue weighted by Gasteiger charge is -2.25. The van der Waals surface area contributed by atoms with Gasteiger partial charge >= 0.3 is 0 Å². The number of amides is 1. The Morgan fingerprint density at radius 3 is 2.76 bits per heavy atom. The summed E-state index contributed by atoms with van der Waals surface area (Å²) < 4.78 is 7.19. The van der Waals surface area contributed by atoms with Crippen LogP contribution in [0.25, 0.3) is 5.52 Å². The van der Waals surface area contributed by atoms with Crippen LogP contribution in [-0.4, -0.2) is 53.7 Å². The zero-order valence-electron chi connectivity index (χ0n) is 19.4. The molecule has 3 heterocycles. The van der Waals surface area contributed by atoms with Crippen molar-refractivity contribution in [1.29, 1.82) is 5.26 Å². The summed E-state index contributed by atoms with van der Waals surface area (Å²) in [4.78, 5) is 16.2. The summed E-state index contributed by atoms with van der Waals surface area (Å²) >= 11 is 0. The molecule has 0 radical (unpaired) electrons. The Morgan fingerprint density at radius 1 is 1.33 bits per heavy atom. The number of likely N-dealkylation sites (tertiary alicyclic amines) is 1. The Morgan fingerprint density at radius 2 is 2.12 bits per heavy atom. The minimum Gasteiger partial charge on any atom is -0.494 e. The van der Waals surface area contributed by atoms with Gasteiger partial charge in [0.25, 0.3) is 0 Å². The van der Waals surface area contributed by atoms with Crippen molar-refractivity contribution in [3.63, 3.8) is 0 Å². The monoisotopic (exact) mass is 446 g/mol. The van der Waals surface area contributed by atoms with E-state index in [0.717, 1.165) is 42.9 Å².